The van der Waals surface area contributed by atoms with Gasteiger partial charge in [-0.25, -0.2) is 9.78 Å². The summed E-state index contributed by atoms with van der Waals surface area (Å²) in [4.78, 5) is 20.9. The molecule has 1 saturated heterocycles. The number of benzene rings is 1. The molecule has 0 radical (unpaired) electrons. The second kappa shape index (κ2) is 5.46. The third kappa shape index (κ3) is 2.58. The minimum absolute atomic E-state index is 0.289. The maximum atomic E-state index is 11.3. The highest BCUT2D eigenvalue weighted by atomic mass is 16.4. The van der Waals surface area contributed by atoms with Gasteiger partial charge in [0.2, 0.25) is 0 Å². The third-order valence-electron chi connectivity index (χ3n) is 3.83. The summed E-state index contributed by atoms with van der Waals surface area (Å²) in [6, 6.07) is 7.32. The Kier molecular flexibility index (Phi) is 3.52. The molecule has 2 N–H and O–H groups in total. The topological polar surface area (TPSA) is 69.2 Å². The Hall–Kier alpha value is -2.14. The van der Waals surface area contributed by atoms with E-state index in [1.54, 1.807) is 18.3 Å². The van der Waals surface area contributed by atoms with E-state index in [1.165, 1.54) is 0 Å². The predicted molar refractivity (Wildman–Crippen MR) is 74.6 cm³/mol. The first kappa shape index (κ1) is 12.9. The predicted octanol–water partition coefficient (Wildman–Crippen LogP) is 2.10. The molecule has 0 spiro atoms. The van der Waals surface area contributed by atoms with E-state index in [-0.39, 0.29) is 5.92 Å². The van der Waals surface area contributed by atoms with Crippen molar-refractivity contribution in [2.75, 3.05) is 13.1 Å². The van der Waals surface area contributed by atoms with Gasteiger partial charge in [0, 0.05) is 18.9 Å². The maximum absolute atomic E-state index is 11.3. The zero-order chi connectivity index (χ0) is 13.9. The van der Waals surface area contributed by atoms with E-state index in [1.807, 2.05) is 18.3 Å². The Bertz CT molecular complexity index is 595. The summed E-state index contributed by atoms with van der Waals surface area (Å²) in [7, 11) is 0. The number of aromatic amines is 1. The van der Waals surface area contributed by atoms with Crippen LogP contribution in [0, 0.1) is 0 Å². The van der Waals surface area contributed by atoms with E-state index in [4.69, 9.17) is 0 Å². The second-order valence-corrected chi connectivity index (χ2v) is 5.15. The standard InChI is InChI=1S/C15H17N3O2/c19-15(20)13-4-2-1-3-12(13)11-5-8-18(9-11)10-14-16-6-7-17-14/h1-4,6-7,11H,5,8-10H2,(H,16,17)(H,19,20)/t11-/m0/s1. The van der Waals surface area contributed by atoms with E-state index < -0.39 is 5.97 Å². The average Bonchev–Trinajstić information content (AvgIpc) is 3.11. The molecule has 0 unspecified atom stereocenters. The lowest BCUT2D eigenvalue weighted by atomic mass is 9.93. The number of aromatic carboxylic acids is 1. The van der Waals surface area contributed by atoms with Gasteiger partial charge in [0.25, 0.3) is 0 Å². The van der Waals surface area contributed by atoms with Crippen molar-refractivity contribution < 1.29 is 9.90 Å². The van der Waals surface area contributed by atoms with Crippen molar-refractivity contribution in [3.63, 3.8) is 0 Å². The Labute approximate surface area is 117 Å². The van der Waals surface area contributed by atoms with Crippen molar-refractivity contribution in [3.8, 4) is 0 Å². The number of hydrogen-bond donors (Lipinski definition) is 2. The van der Waals surface area contributed by atoms with E-state index in [0.717, 1.165) is 37.4 Å². The smallest absolute Gasteiger partial charge is 0.335 e. The van der Waals surface area contributed by atoms with Crippen molar-refractivity contribution in [1.82, 2.24) is 14.9 Å². The van der Waals surface area contributed by atoms with Crippen molar-refractivity contribution in [3.05, 3.63) is 53.6 Å². The monoisotopic (exact) mass is 271 g/mol. The van der Waals surface area contributed by atoms with Crippen LogP contribution in [0.3, 0.4) is 0 Å². The molecular weight excluding hydrogens is 254 g/mol. The van der Waals surface area contributed by atoms with Crippen LogP contribution < -0.4 is 0 Å². The van der Waals surface area contributed by atoms with Gasteiger partial charge in [0.15, 0.2) is 0 Å². The maximum Gasteiger partial charge on any atom is 0.335 e. The molecule has 0 saturated carbocycles. The molecule has 0 aliphatic carbocycles. The summed E-state index contributed by atoms with van der Waals surface area (Å²) < 4.78 is 0. The number of likely N-dealkylation sites (tertiary alicyclic amines) is 1. The number of nitrogens with one attached hydrogen (secondary N) is 1. The molecular formula is C15H17N3O2. The molecule has 1 aromatic heterocycles. The first-order valence-corrected chi connectivity index (χ1v) is 6.77. The largest absolute Gasteiger partial charge is 0.478 e. The molecule has 5 heteroatoms. The quantitative estimate of drug-likeness (QED) is 0.893. The fourth-order valence-corrected chi connectivity index (χ4v) is 2.87. The Morgan fingerprint density at radius 2 is 2.30 bits per heavy atom. The fraction of sp³-hybridized carbons (Fsp3) is 0.333. The van der Waals surface area contributed by atoms with Crippen molar-refractivity contribution in [1.29, 1.82) is 0 Å². The van der Waals surface area contributed by atoms with Crippen LogP contribution in [0.25, 0.3) is 0 Å². The molecule has 1 aromatic carbocycles. The summed E-state index contributed by atoms with van der Waals surface area (Å²) in [6.45, 7) is 2.64. The molecule has 1 atom stereocenters. The van der Waals surface area contributed by atoms with E-state index in [9.17, 15) is 9.90 Å². The molecule has 5 nitrogen and oxygen atoms in total. The first-order chi connectivity index (χ1) is 9.74. The highest BCUT2D eigenvalue weighted by Gasteiger charge is 2.27. The lowest BCUT2D eigenvalue weighted by molar-refractivity contribution is 0.0695. The zero-order valence-electron chi connectivity index (χ0n) is 11.1. The van der Waals surface area contributed by atoms with Crippen molar-refractivity contribution in [2.24, 2.45) is 0 Å². The Balaban J connectivity index is 1.72. The van der Waals surface area contributed by atoms with Gasteiger partial charge in [-0.05, 0) is 30.5 Å². The van der Waals surface area contributed by atoms with Crippen LogP contribution in [0.2, 0.25) is 0 Å². The zero-order valence-corrected chi connectivity index (χ0v) is 11.1. The number of aromatic nitrogens is 2. The normalized spacial score (nSPS) is 19.3. The summed E-state index contributed by atoms with van der Waals surface area (Å²) in [5, 5.41) is 9.27. The minimum Gasteiger partial charge on any atom is -0.478 e. The van der Waals surface area contributed by atoms with Gasteiger partial charge in [-0.15, -0.1) is 0 Å². The number of carboxylic acids is 1. The van der Waals surface area contributed by atoms with Crippen LogP contribution in [-0.2, 0) is 6.54 Å². The molecule has 0 amide bonds. The average molecular weight is 271 g/mol. The molecule has 0 bridgehead atoms. The van der Waals surface area contributed by atoms with Gasteiger partial charge in [-0.2, -0.15) is 0 Å². The SMILES string of the molecule is O=C(O)c1ccccc1[C@H]1CCN(Cc2ncc[nH]2)C1. The Morgan fingerprint density at radius 3 is 3.05 bits per heavy atom. The van der Waals surface area contributed by atoms with Crippen molar-refractivity contribution >= 4 is 5.97 Å². The first-order valence-electron chi connectivity index (χ1n) is 6.77. The Morgan fingerprint density at radius 1 is 1.45 bits per heavy atom. The van der Waals surface area contributed by atoms with Crippen LogP contribution in [-0.4, -0.2) is 39.0 Å². The van der Waals surface area contributed by atoms with Gasteiger partial charge < -0.3 is 10.1 Å². The molecule has 1 fully saturated rings. The van der Waals surface area contributed by atoms with Gasteiger partial charge in [0.05, 0.1) is 12.1 Å². The van der Waals surface area contributed by atoms with Crippen molar-refractivity contribution in [2.45, 2.75) is 18.9 Å². The molecule has 3 rings (SSSR count). The number of hydrogen-bond acceptors (Lipinski definition) is 3. The number of nitrogens with zero attached hydrogens (tertiary/aromatic N) is 2. The molecule has 2 aromatic rings. The number of carboxylic acid groups (broad SMARTS) is 1. The number of H-pyrrole nitrogens is 1. The third-order valence-corrected chi connectivity index (χ3v) is 3.83. The second-order valence-electron chi connectivity index (χ2n) is 5.15. The van der Waals surface area contributed by atoms with Crippen LogP contribution in [0.1, 0.15) is 34.1 Å². The number of rotatable bonds is 4. The van der Waals surface area contributed by atoms with Crippen LogP contribution >= 0.6 is 0 Å². The molecule has 1 aliphatic heterocycles. The molecule has 20 heavy (non-hydrogen) atoms. The summed E-state index contributed by atoms with van der Waals surface area (Å²) >= 11 is 0. The van der Waals surface area contributed by atoms with Crippen LogP contribution in [0.15, 0.2) is 36.7 Å². The van der Waals surface area contributed by atoms with Crippen LogP contribution in [0.5, 0.6) is 0 Å². The minimum atomic E-state index is -0.843. The molecule has 2 heterocycles. The van der Waals surface area contributed by atoms with Gasteiger partial charge in [0.1, 0.15) is 5.82 Å². The highest BCUT2D eigenvalue weighted by molar-refractivity contribution is 5.89. The summed E-state index contributed by atoms with van der Waals surface area (Å²) in [5.74, 6) is 0.402. The fourth-order valence-electron chi connectivity index (χ4n) is 2.87. The van der Waals surface area contributed by atoms with E-state index >= 15 is 0 Å². The van der Waals surface area contributed by atoms with E-state index in [2.05, 4.69) is 14.9 Å². The van der Waals surface area contributed by atoms with Crippen LogP contribution in [0.4, 0.5) is 0 Å². The van der Waals surface area contributed by atoms with E-state index in [0.29, 0.717) is 5.56 Å². The highest BCUT2D eigenvalue weighted by Crippen LogP contribution is 2.30. The number of carbonyl (C=O) groups is 1. The lowest BCUT2D eigenvalue weighted by Gasteiger charge is -2.16. The summed E-state index contributed by atoms with van der Waals surface area (Å²) in [6.07, 6.45) is 4.57. The molecule has 104 valence electrons. The lowest BCUT2D eigenvalue weighted by Crippen LogP contribution is -2.20. The summed E-state index contributed by atoms with van der Waals surface area (Å²) in [5.41, 5.74) is 1.37. The van der Waals surface area contributed by atoms with Gasteiger partial charge >= 0.3 is 5.97 Å². The van der Waals surface area contributed by atoms with Gasteiger partial charge in [-0.1, -0.05) is 18.2 Å². The molecule has 1 aliphatic rings. The van der Waals surface area contributed by atoms with Gasteiger partial charge in [-0.3, -0.25) is 4.90 Å². The number of imidazole rings is 1.